The first kappa shape index (κ1) is 23.4. The van der Waals surface area contributed by atoms with Gasteiger partial charge in [-0.25, -0.2) is 4.98 Å². The van der Waals surface area contributed by atoms with E-state index in [1.807, 2.05) is 23.1 Å². The van der Waals surface area contributed by atoms with Crippen LogP contribution in [0.3, 0.4) is 0 Å². The van der Waals surface area contributed by atoms with Crippen LogP contribution in [-0.4, -0.2) is 64.9 Å². The number of carbonyl (C=O) groups is 1. The predicted octanol–water partition coefficient (Wildman–Crippen LogP) is 4.04. The number of methoxy groups -OCH3 is 2. The lowest BCUT2D eigenvalue weighted by Gasteiger charge is -2.31. The lowest BCUT2D eigenvalue weighted by molar-refractivity contribution is 0.0708. The van der Waals surface area contributed by atoms with Crippen molar-refractivity contribution in [1.82, 2.24) is 19.0 Å². The number of likely N-dealkylation sites (tertiary alicyclic amines) is 1. The third-order valence-corrected chi connectivity index (χ3v) is 8.14. The van der Waals surface area contributed by atoms with E-state index in [1.165, 1.54) is 12.8 Å². The Bertz CT molecular complexity index is 1570. The van der Waals surface area contributed by atoms with E-state index in [-0.39, 0.29) is 11.9 Å². The number of amides is 1. The standard InChI is InChI=1S/C29H33N5O4/c1-36-24-12-18-11-23(34(15-17-5-6-17)22(18)14-25(24)37-2)28-31-21-10-19(13-26-27(21)33(28)8-9-38-26)29(35)32-7-3-4-20(30)16-32/h10-14,17,20H,3-9,15-16,30H2,1-2H3/t20-/m1/s1. The Morgan fingerprint density at radius 3 is 2.66 bits per heavy atom. The number of fused-ring (bicyclic) bond motifs is 1. The molecule has 9 heteroatoms. The number of nitrogens with two attached hydrogens (primary N) is 1. The van der Waals surface area contributed by atoms with E-state index in [0.717, 1.165) is 59.4 Å². The summed E-state index contributed by atoms with van der Waals surface area (Å²) in [6, 6.07) is 10.1. The topological polar surface area (TPSA) is 96.8 Å². The van der Waals surface area contributed by atoms with Crippen LogP contribution in [0.1, 0.15) is 36.0 Å². The molecule has 0 bridgehead atoms. The summed E-state index contributed by atoms with van der Waals surface area (Å²) in [4.78, 5) is 20.4. The van der Waals surface area contributed by atoms with Gasteiger partial charge in [-0.15, -0.1) is 0 Å². The molecule has 4 heterocycles. The Hall–Kier alpha value is -3.72. The van der Waals surface area contributed by atoms with Crippen LogP contribution in [-0.2, 0) is 13.1 Å². The zero-order valence-electron chi connectivity index (χ0n) is 21.9. The smallest absolute Gasteiger partial charge is 0.254 e. The number of benzene rings is 2. The van der Waals surface area contributed by atoms with E-state index in [2.05, 4.69) is 21.3 Å². The summed E-state index contributed by atoms with van der Waals surface area (Å²) in [6.07, 6.45) is 4.37. The molecule has 2 N–H and O–H groups in total. The Kier molecular flexibility index (Phi) is 5.51. The van der Waals surface area contributed by atoms with Crippen molar-refractivity contribution in [2.45, 2.75) is 44.8 Å². The van der Waals surface area contributed by atoms with Gasteiger partial charge in [-0.2, -0.15) is 0 Å². The van der Waals surface area contributed by atoms with Gasteiger partial charge in [0.25, 0.3) is 5.91 Å². The van der Waals surface area contributed by atoms with Crippen molar-refractivity contribution < 1.29 is 19.0 Å². The first-order chi connectivity index (χ1) is 18.5. The van der Waals surface area contributed by atoms with E-state index < -0.39 is 0 Å². The van der Waals surface area contributed by atoms with E-state index in [1.54, 1.807) is 14.2 Å². The van der Waals surface area contributed by atoms with Crippen molar-refractivity contribution in [2.24, 2.45) is 11.7 Å². The molecule has 7 rings (SSSR count). The zero-order valence-corrected chi connectivity index (χ0v) is 21.9. The zero-order chi connectivity index (χ0) is 26.0. The summed E-state index contributed by atoms with van der Waals surface area (Å²) in [7, 11) is 3.33. The highest BCUT2D eigenvalue weighted by Crippen LogP contribution is 2.41. The van der Waals surface area contributed by atoms with Crippen LogP contribution in [0.25, 0.3) is 33.5 Å². The molecule has 1 atom stereocenters. The molecule has 0 spiro atoms. The van der Waals surface area contributed by atoms with Crippen LogP contribution in [0.4, 0.5) is 0 Å². The Labute approximate surface area is 221 Å². The van der Waals surface area contributed by atoms with Crippen LogP contribution in [0.5, 0.6) is 17.2 Å². The average molecular weight is 516 g/mol. The number of hydrogen-bond donors (Lipinski definition) is 1. The molecular weight excluding hydrogens is 482 g/mol. The molecule has 1 saturated heterocycles. The summed E-state index contributed by atoms with van der Waals surface area (Å²) in [5.74, 6) is 3.69. The molecule has 2 aromatic heterocycles. The van der Waals surface area contributed by atoms with E-state index >= 15 is 0 Å². The van der Waals surface area contributed by atoms with Crippen LogP contribution >= 0.6 is 0 Å². The first-order valence-corrected chi connectivity index (χ1v) is 13.5. The highest BCUT2D eigenvalue weighted by Gasteiger charge is 2.30. The minimum Gasteiger partial charge on any atom is -0.493 e. The van der Waals surface area contributed by atoms with Gasteiger partial charge in [0.1, 0.15) is 17.9 Å². The van der Waals surface area contributed by atoms with Gasteiger partial charge in [-0.1, -0.05) is 0 Å². The molecule has 38 heavy (non-hydrogen) atoms. The van der Waals surface area contributed by atoms with Gasteiger partial charge in [0.15, 0.2) is 17.3 Å². The first-order valence-electron chi connectivity index (χ1n) is 13.5. The number of carbonyl (C=O) groups excluding carboxylic acids is 1. The predicted molar refractivity (Wildman–Crippen MR) is 145 cm³/mol. The Morgan fingerprint density at radius 2 is 1.89 bits per heavy atom. The van der Waals surface area contributed by atoms with Crippen LogP contribution in [0.15, 0.2) is 30.3 Å². The fourth-order valence-electron chi connectivity index (χ4n) is 6.03. The Balaban J connectivity index is 1.38. The fraction of sp³-hybridized carbons (Fsp3) is 0.448. The summed E-state index contributed by atoms with van der Waals surface area (Å²) in [6.45, 7) is 3.47. The number of ether oxygens (including phenoxy) is 3. The van der Waals surface area contributed by atoms with E-state index in [0.29, 0.717) is 48.4 Å². The number of piperidine rings is 1. The van der Waals surface area contributed by atoms with Crippen LogP contribution in [0.2, 0.25) is 0 Å². The van der Waals surface area contributed by atoms with E-state index in [4.69, 9.17) is 24.9 Å². The lowest BCUT2D eigenvalue weighted by atomic mass is 10.0. The molecule has 9 nitrogen and oxygen atoms in total. The highest BCUT2D eigenvalue weighted by molar-refractivity contribution is 6.00. The maximum atomic E-state index is 13.4. The number of nitrogens with zero attached hydrogens (tertiary/aromatic N) is 4. The SMILES string of the molecule is COc1cc2cc(-c3nc4cc(C(=O)N5CCC[C@@H](N)C5)cc5c4n3CCO5)n(CC3CC3)c2cc1OC. The van der Waals surface area contributed by atoms with Gasteiger partial charge in [0, 0.05) is 42.7 Å². The van der Waals surface area contributed by atoms with Gasteiger partial charge >= 0.3 is 0 Å². The molecule has 1 aliphatic carbocycles. The average Bonchev–Trinajstić information content (AvgIpc) is 3.59. The van der Waals surface area contributed by atoms with Gasteiger partial charge in [-0.3, -0.25) is 4.79 Å². The second kappa shape index (κ2) is 8.94. The van der Waals surface area contributed by atoms with Gasteiger partial charge in [-0.05, 0) is 55.9 Å². The molecule has 4 aromatic rings. The highest BCUT2D eigenvalue weighted by atomic mass is 16.5. The maximum Gasteiger partial charge on any atom is 0.254 e. The lowest BCUT2D eigenvalue weighted by Crippen LogP contribution is -2.45. The van der Waals surface area contributed by atoms with Crippen LogP contribution in [0, 0.1) is 5.92 Å². The third-order valence-electron chi connectivity index (χ3n) is 8.14. The van der Waals surface area contributed by atoms with Crippen molar-refractivity contribution in [3.63, 3.8) is 0 Å². The van der Waals surface area contributed by atoms with Crippen molar-refractivity contribution >= 4 is 27.8 Å². The summed E-state index contributed by atoms with van der Waals surface area (Å²) in [5.41, 5.74) is 10.6. The quantitative estimate of drug-likeness (QED) is 0.416. The van der Waals surface area contributed by atoms with Gasteiger partial charge in [0.2, 0.25) is 0 Å². The molecule has 1 saturated carbocycles. The van der Waals surface area contributed by atoms with Crippen molar-refractivity contribution in [2.75, 3.05) is 33.9 Å². The second-order valence-electron chi connectivity index (χ2n) is 10.8. The number of imidazole rings is 1. The van der Waals surface area contributed by atoms with Gasteiger partial charge in [0.05, 0.1) is 37.5 Å². The molecule has 3 aliphatic rings. The number of rotatable bonds is 6. The number of hydrogen-bond acceptors (Lipinski definition) is 6. The second-order valence-corrected chi connectivity index (χ2v) is 10.8. The fourth-order valence-corrected chi connectivity index (χ4v) is 6.03. The third kappa shape index (κ3) is 3.79. The van der Waals surface area contributed by atoms with E-state index in [9.17, 15) is 4.79 Å². The monoisotopic (exact) mass is 515 g/mol. The summed E-state index contributed by atoms with van der Waals surface area (Å²) in [5, 5.41) is 1.09. The van der Waals surface area contributed by atoms with Crippen molar-refractivity contribution in [3.05, 3.63) is 35.9 Å². The minimum absolute atomic E-state index is 0.00869. The normalized spacial score (nSPS) is 19.1. The van der Waals surface area contributed by atoms with Crippen molar-refractivity contribution in [1.29, 1.82) is 0 Å². The molecule has 0 unspecified atom stereocenters. The van der Waals surface area contributed by atoms with Crippen LogP contribution < -0.4 is 19.9 Å². The van der Waals surface area contributed by atoms with Crippen molar-refractivity contribution in [3.8, 4) is 28.8 Å². The molecule has 2 fully saturated rings. The largest absolute Gasteiger partial charge is 0.493 e. The molecule has 2 aromatic carbocycles. The molecule has 2 aliphatic heterocycles. The molecule has 1 amide bonds. The molecular formula is C29H33N5O4. The summed E-state index contributed by atoms with van der Waals surface area (Å²) >= 11 is 0. The molecule has 0 radical (unpaired) electrons. The number of aromatic nitrogens is 3. The maximum absolute atomic E-state index is 13.4. The summed E-state index contributed by atoms with van der Waals surface area (Å²) < 4.78 is 21.9. The molecule has 198 valence electrons. The minimum atomic E-state index is -0.00869. The van der Waals surface area contributed by atoms with Gasteiger partial charge < -0.3 is 34.0 Å². The Morgan fingerprint density at radius 1 is 1.08 bits per heavy atom.